The van der Waals surface area contributed by atoms with E-state index in [1.165, 1.54) is 49.8 Å². The summed E-state index contributed by atoms with van der Waals surface area (Å²) < 4.78 is 0. The third kappa shape index (κ3) is 4.07. The normalized spacial score (nSPS) is 21.9. The summed E-state index contributed by atoms with van der Waals surface area (Å²) in [5.41, 5.74) is 2.88. The SMILES string of the molecule is CCCc1ccc(C(CN2CCCCC2C)NC)cc1. The Hall–Kier alpha value is -0.860. The van der Waals surface area contributed by atoms with E-state index >= 15 is 0 Å². The number of benzene rings is 1. The van der Waals surface area contributed by atoms with Crippen LogP contribution in [0.5, 0.6) is 0 Å². The number of rotatable bonds is 6. The Morgan fingerprint density at radius 3 is 2.60 bits per heavy atom. The van der Waals surface area contributed by atoms with E-state index in [0.717, 1.165) is 12.6 Å². The van der Waals surface area contributed by atoms with Crippen molar-refractivity contribution >= 4 is 0 Å². The molecule has 1 N–H and O–H groups in total. The molecular weight excluding hydrogens is 244 g/mol. The standard InChI is InChI=1S/C18H30N2/c1-4-7-16-9-11-17(12-10-16)18(19-3)14-20-13-6-5-8-15(20)2/h9-12,15,18-19H,4-8,13-14H2,1-3H3. The first-order chi connectivity index (χ1) is 9.74. The van der Waals surface area contributed by atoms with E-state index < -0.39 is 0 Å². The second kappa shape index (κ2) is 7.80. The van der Waals surface area contributed by atoms with Crippen molar-refractivity contribution in [1.82, 2.24) is 10.2 Å². The van der Waals surface area contributed by atoms with Gasteiger partial charge in [0.2, 0.25) is 0 Å². The van der Waals surface area contributed by atoms with E-state index in [4.69, 9.17) is 0 Å². The number of nitrogens with one attached hydrogen (secondary N) is 1. The van der Waals surface area contributed by atoms with Crippen molar-refractivity contribution in [2.45, 2.75) is 58.0 Å². The van der Waals surface area contributed by atoms with E-state index in [1.54, 1.807) is 0 Å². The van der Waals surface area contributed by atoms with Crippen molar-refractivity contribution in [3.8, 4) is 0 Å². The molecule has 0 aliphatic carbocycles. The highest BCUT2D eigenvalue weighted by atomic mass is 15.2. The molecule has 2 heteroatoms. The zero-order valence-corrected chi connectivity index (χ0v) is 13.4. The lowest BCUT2D eigenvalue weighted by molar-refractivity contribution is 0.146. The second-order valence-electron chi connectivity index (χ2n) is 6.17. The van der Waals surface area contributed by atoms with Crippen molar-refractivity contribution in [2.75, 3.05) is 20.1 Å². The molecule has 1 aromatic carbocycles. The molecule has 2 rings (SSSR count). The van der Waals surface area contributed by atoms with Gasteiger partial charge >= 0.3 is 0 Å². The van der Waals surface area contributed by atoms with E-state index in [9.17, 15) is 0 Å². The molecule has 1 fully saturated rings. The van der Waals surface area contributed by atoms with Crippen LogP contribution in [0.4, 0.5) is 0 Å². The molecule has 0 amide bonds. The highest BCUT2D eigenvalue weighted by molar-refractivity contribution is 5.25. The Labute approximate surface area is 124 Å². The van der Waals surface area contributed by atoms with Gasteiger partial charge < -0.3 is 5.32 Å². The quantitative estimate of drug-likeness (QED) is 0.849. The Morgan fingerprint density at radius 1 is 1.25 bits per heavy atom. The summed E-state index contributed by atoms with van der Waals surface area (Å²) in [6, 6.07) is 10.4. The van der Waals surface area contributed by atoms with Gasteiger partial charge in [0.1, 0.15) is 0 Å². The minimum absolute atomic E-state index is 0.450. The summed E-state index contributed by atoms with van der Waals surface area (Å²) in [7, 11) is 2.08. The molecule has 20 heavy (non-hydrogen) atoms. The first-order valence-electron chi connectivity index (χ1n) is 8.24. The van der Waals surface area contributed by atoms with E-state index in [-0.39, 0.29) is 0 Å². The minimum Gasteiger partial charge on any atom is -0.312 e. The van der Waals surface area contributed by atoms with Gasteiger partial charge in [0.15, 0.2) is 0 Å². The maximum atomic E-state index is 3.50. The molecule has 1 saturated heterocycles. The summed E-state index contributed by atoms with van der Waals surface area (Å²) in [5.74, 6) is 0. The number of likely N-dealkylation sites (tertiary alicyclic amines) is 1. The third-order valence-electron chi connectivity index (χ3n) is 4.63. The van der Waals surface area contributed by atoms with Gasteiger partial charge in [-0.15, -0.1) is 0 Å². The van der Waals surface area contributed by atoms with Crippen molar-refractivity contribution < 1.29 is 0 Å². The van der Waals surface area contributed by atoms with Crippen LogP contribution in [-0.2, 0) is 6.42 Å². The zero-order valence-electron chi connectivity index (χ0n) is 13.4. The third-order valence-corrected chi connectivity index (χ3v) is 4.63. The molecule has 0 bridgehead atoms. The lowest BCUT2D eigenvalue weighted by atomic mass is 9.99. The molecule has 1 aliphatic heterocycles. The lowest BCUT2D eigenvalue weighted by Gasteiger charge is -2.36. The fourth-order valence-electron chi connectivity index (χ4n) is 3.23. The fraction of sp³-hybridized carbons (Fsp3) is 0.667. The molecule has 2 nitrogen and oxygen atoms in total. The van der Waals surface area contributed by atoms with Crippen LogP contribution in [-0.4, -0.2) is 31.1 Å². The Morgan fingerprint density at radius 2 is 2.00 bits per heavy atom. The monoisotopic (exact) mass is 274 g/mol. The topological polar surface area (TPSA) is 15.3 Å². The van der Waals surface area contributed by atoms with Gasteiger partial charge in [-0.2, -0.15) is 0 Å². The second-order valence-corrected chi connectivity index (χ2v) is 6.17. The molecule has 0 spiro atoms. The summed E-state index contributed by atoms with van der Waals surface area (Å²) in [4.78, 5) is 2.64. The zero-order chi connectivity index (χ0) is 14.4. The molecule has 1 aliphatic rings. The van der Waals surface area contributed by atoms with Gasteiger partial charge in [0, 0.05) is 18.6 Å². The molecule has 112 valence electrons. The van der Waals surface area contributed by atoms with Gasteiger partial charge in [0.25, 0.3) is 0 Å². The first kappa shape index (κ1) is 15.5. The van der Waals surface area contributed by atoms with E-state index in [1.807, 2.05) is 0 Å². The van der Waals surface area contributed by atoms with Crippen LogP contribution in [0, 0.1) is 0 Å². The van der Waals surface area contributed by atoms with E-state index in [2.05, 4.69) is 55.4 Å². The van der Waals surface area contributed by atoms with Gasteiger partial charge in [-0.25, -0.2) is 0 Å². The summed E-state index contributed by atoms with van der Waals surface area (Å²) >= 11 is 0. The van der Waals surface area contributed by atoms with Gasteiger partial charge in [-0.1, -0.05) is 44.0 Å². The average molecular weight is 274 g/mol. The van der Waals surface area contributed by atoms with Crippen LogP contribution in [0.15, 0.2) is 24.3 Å². The number of piperidine rings is 1. The smallest absolute Gasteiger partial charge is 0.0446 e. The first-order valence-corrected chi connectivity index (χ1v) is 8.24. The number of nitrogens with zero attached hydrogens (tertiary/aromatic N) is 1. The predicted molar refractivity (Wildman–Crippen MR) is 87.1 cm³/mol. The average Bonchev–Trinajstić information content (AvgIpc) is 2.48. The summed E-state index contributed by atoms with van der Waals surface area (Å²) in [5, 5.41) is 3.50. The predicted octanol–water partition coefficient (Wildman–Crippen LogP) is 3.77. The van der Waals surface area contributed by atoms with Crippen LogP contribution in [0.3, 0.4) is 0 Å². The molecule has 1 aromatic rings. The van der Waals surface area contributed by atoms with Crippen LogP contribution >= 0.6 is 0 Å². The van der Waals surface area contributed by atoms with Gasteiger partial charge in [0.05, 0.1) is 0 Å². The maximum Gasteiger partial charge on any atom is 0.0446 e. The fourth-order valence-corrected chi connectivity index (χ4v) is 3.23. The van der Waals surface area contributed by atoms with Crippen LogP contribution < -0.4 is 5.32 Å². The molecule has 2 unspecified atom stereocenters. The molecule has 0 radical (unpaired) electrons. The summed E-state index contributed by atoms with van der Waals surface area (Å²) in [6.45, 7) is 7.00. The van der Waals surface area contributed by atoms with E-state index in [0.29, 0.717) is 6.04 Å². The van der Waals surface area contributed by atoms with Crippen molar-refractivity contribution in [2.24, 2.45) is 0 Å². The van der Waals surface area contributed by atoms with Crippen LogP contribution in [0.1, 0.15) is 56.7 Å². The largest absolute Gasteiger partial charge is 0.312 e. The maximum absolute atomic E-state index is 3.50. The van der Waals surface area contributed by atoms with Crippen LogP contribution in [0.2, 0.25) is 0 Å². The van der Waals surface area contributed by atoms with Crippen molar-refractivity contribution in [1.29, 1.82) is 0 Å². The molecular formula is C18H30N2. The van der Waals surface area contributed by atoms with Gasteiger partial charge in [-0.05, 0) is 50.9 Å². The molecule has 0 saturated carbocycles. The highest BCUT2D eigenvalue weighted by Crippen LogP contribution is 2.21. The number of hydrogen-bond acceptors (Lipinski definition) is 2. The Bertz CT molecular complexity index is 385. The molecule has 2 atom stereocenters. The van der Waals surface area contributed by atoms with Crippen molar-refractivity contribution in [3.05, 3.63) is 35.4 Å². The molecule has 1 heterocycles. The number of likely N-dealkylation sites (N-methyl/N-ethyl adjacent to an activating group) is 1. The number of hydrogen-bond donors (Lipinski definition) is 1. The van der Waals surface area contributed by atoms with Crippen molar-refractivity contribution in [3.63, 3.8) is 0 Å². The number of aryl methyl sites for hydroxylation is 1. The summed E-state index contributed by atoms with van der Waals surface area (Å²) in [6.07, 6.45) is 6.52. The highest BCUT2D eigenvalue weighted by Gasteiger charge is 2.21. The Balaban J connectivity index is 1.99. The molecule has 0 aromatic heterocycles. The Kier molecular flexibility index (Phi) is 6.06. The lowest BCUT2D eigenvalue weighted by Crippen LogP contribution is -2.42. The van der Waals surface area contributed by atoms with Crippen LogP contribution in [0.25, 0.3) is 0 Å². The minimum atomic E-state index is 0.450. The van der Waals surface area contributed by atoms with Gasteiger partial charge in [-0.3, -0.25) is 4.90 Å².